The summed E-state index contributed by atoms with van der Waals surface area (Å²) in [5.41, 5.74) is 0.869. The predicted molar refractivity (Wildman–Crippen MR) is 112 cm³/mol. The van der Waals surface area contributed by atoms with Crippen LogP contribution in [0.3, 0.4) is 0 Å². The Labute approximate surface area is 168 Å². The van der Waals surface area contributed by atoms with E-state index < -0.39 is 5.60 Å². The summed E-state index contributed by atoms with van der Waals surface area (Å²) in [6.45, 7) is 0.0846. The zero-order chi connectivity index (χ0) is 18.7. The Morgan fingerprint density at radius 1 is 1.04 bits per heavy atom. The summed E-state index contributed by atoms with van der Waals surface area (Å²) < 4.78 is 0. The van der Waals surface area contributed by atoms with Crippen molar-refractivity contribution >= 4 is 39.9 Å². The van der Waals surface area contributed by atoms with Crippen LogP contribution in [-0.4, -0.2) is 22.5 Å². The second kappa shape index (κ2) is 7.74. The fourth-order valence-corrected chi connectivity index (χ4v) is 5.11. The van der Waals surface area contributed by atoms with Crippen molar-refractivity contribution in [2.45, 2.75) is 5.60 Å². The van der Waals surface area contributed by atoms with Crippen molar-refractivity contribution in [2.75, 3.05) is 6.54 Å². The van der Waals surface area contributed by atoms with E-state index in [1.165, 1.54) is 34.0 Å². The Kier molecular flexibility index (Phi) is 5.18. The first-order valence-electron chi connectivity index (χ1n) is 8.25. The number of carbonyl (C=O) groups is 1. The number of hydrogen-bond acceptors (Lipinski definition) is 6. The molecule has 0 spiro atoms. The molecule has 1 amide bonds. The van der Waals surface area contributed by atoms with Crippen LogP contribution in [0.1, 0.15) is 20.9 Å². The molecule has 0 saturated carbocycles. The van der Waals surface area contributed by atoms with Gasteiger partial charge in [0.1, 0.15) is 16.3 Å². The molecule has 3 aromatic heterocycles. The molecule has 0 fully saturated rings. The summed E-state index contributed by atoms with van der Waals surface area (Å²) >= 11 is 4.41. The summed E-state index contributed by atoms with van der Waals surface area (Å²) in [6, 6.07) is 15.4. The maximum atomic E-state index is 12.6. The lowest BCUT2D eigenvalue weighted by molar-refractivity contribution is 0.0718. The fraction of sp³-hybridized carbons (Fsp3) is 0.100. The van der Waals surface area contributed by atoms with Crippen molar-refractivity contribution in [3.63, 3.8) is 0 Å². The topological polar surface area (TPSA) is 62.2 Å². The number of carbonyl (C=O) groups excluding carboxylic acids is 1. The van der Waals surface area contributed by atoms with E-state index in [4.69, 9.17) is 0 Å². The van der Waals surface area contributed by atoms with E-state index in [0.29, 0.717) is 5.69 Å². The average molecular weight is 413 g/mol. The number of nitrogens with one attached hydrogen (secondary N) is 1. The van der Waals surface area contributed by atoms with Gasteiger partial charge in [0, 0.05) is 21.4 Å². The minimum absolute atomic E-state index is 0.0846. The van der Waals surface area contributed by atoms with Gasteiger partial charge in [-0.3, -0.25) is 4.79 Å². The molecule has 4 rings (SSSR count). The Balaban J connectivity index is 1.52. The van der Waals surface area contributed by atoms with E-state index in [-0.39, 0.29) is 12.5 Å². The minimum atomic E-state index is -1.25. The number of hydrogen-bond donors (Lipinski definition) is 2. The second-order valence-corrected chi connectivity index (χ2v) is 8.52. The highest BCUT2D eigenvalue weighted by Crippen LogP contribution is 2.33. The van der Waals surface area contributed by atoms with Gasteiger partial charge < -0.3 is 10.4 Å². The van der Waals surface area contributed by atoms with Crippen molar-refractivity contribution < 1.29 is 9.90 Å². The number of amides is 1. The fourth-order valence-electron chi connectivity index (χ4n) is 2.74. The maximum Gasteiger partial charge on any atom is 0.270 e. The molecule has 7 heteroatoms. The molecule has 0 aliphatic rings. The number of benzene rings is 1. The largest absolute Gasteiger partial charge is 0.378 e. The molecule has 0 radical (unpaired) electrons. The van der Waals surface area contributed by atoms with Crippen LogP contribution in [0.2, 0.25) is 0 Å². The molecule has 1 aromatic carbocycles. The quantitative estimate of drug-likeness (QED) is 0.487. The standard InChI is InChI=1S/C20H16N2O2S3/c23-18(16-12-27-19(22-16)14-5-2-1-3-6-14)21-13-20(24,15-8-10-25-11-15)17-7-4-9-26-17/h1-12,24H,13H2,(H,21,23)/t20-/m0/s1. The van der Waals surface area contributed by atoms with Gasteiger partial charge in [0.2, 0.25) is 0 Å². The maximum absolute atomic E-state index is 12.6. The Hall–Kier alpha value is -2.32. The van der Waals surface area contributed by atoms with E-state index in [1.807, 2.05) is 64.7 Å². The van der Waals surface area contributed by atoms with Crippen LogP contribution in [0, 0.1) is 0 Å². The normalized spacial score (nSPS) is 13.2. The summed E-state index contributed by atoms with van der Waals surface area (Å²) in [7, 11) is 0. The Morgan fingerprint density at radius 3 is 2.59 bits per heavy atom. The van der Waals surface area contributed by atoms with Crippen molar-refractivity contribution in [3.05, 3.63) is 86.2 Å². The van der Waals surface area contributed by atoms with Crippen LogP contribution < -0.4 is 5.32 Å². The molecule has 1 atom stereocenters. The SMILES string of the molecule is O=C(NC[C@](O)(c1ccsc1)c1cccs1)c1csc(-c2ccccc2)n1. The summed E-state index contributed by atoms with van der Waals surface area (Å²) in [4.78, 5) is 17.8. The van der Waals surface area contributed by atoms with Gasteiger partial charge in [-0.05, 0) is 28.3 Å². The molecule has 4 aromatic rings. The molecular weight excluding hydrogens is 396 g/mol. The van der Waals surface area contributed by atoms with Gasteiger partial charge in [-0.15, -0.1) is 22.7 Å². The van der Waals surface area contributed by atoms with Crippen LogP contribution in [0.5, 0.6) is 0 Å². The highest BCUT2D eigenvalue weighted by Gasteiger charge is 2.34. The smallest absolute Gasteiger partial charge is 0.270 e. The first-order valence-corrected chi connectivity index (χ1v) is 11.0. The number of rotatable bonds is 6. The van der Waals surface area contributed by atoms with Crippen LogP contribution >= 0.6 is 34.0 Å². The second-order valence-electron chi connectivity index (χ2n) is 5.94. The summed E-state index contributed by atoms with van der Waals surface area (Å²) in [6.07, 6.45) is 0. The molecule has 0 aliphatic carbocycles. The Morgan fingerprint density at radius 2 is 1.89 bits per heavy atom. The molecular formula is C20H16N2O2S3. The van der Waals surface area contributed by atoms with Gasteiger partial charge >= 0.3 is 0 Å². The molecule has 0 aliphatic heterocycles. The first-order chi connectivity index (χ1) is 13.2. The van der Waals surface area contributed by atoms with E-state index in [1.54, 1.807) is 5.38 Å². The third-order valence-electron chi connectivity index (χ3n) is 4.19. The van der Waals surface area contributed by atoms with Gasteiger partial charge in [-0.25, -0.2) is 4.98 Å². The number of aliphatic hydroxyl groups is 1. The van der Waals surface area contributed by atoms with Gasteiger partial charge in [0.25, 0.3) is 5.91 Å². The molecule has 27 heavy (non-hydrogen) atoms. The van der Waals surface area contributed by atoms with Crippen LogP contribution in [-0.2, 0) is 5.60 Å². The zero-order valence-electron chi connectivity index (χ0n) is 14.2. The minimum Gasteiger partial charge on any atom is -0.378 e. The first kappa shape index (κ1) is 18.1. The molecule has 0 bridgehead atoms. The van der Waals surface area contributed by atoms with Crippen molar-refractivity contribution in [3.8, 4) is 10.6 Å². The number of thiophene rings is 2. The van der Waals surface area contributed by atoms with E-state index in [0.717, 1.165) is 21.0 Å². The van der Waals surface area contributed by atoms with E-state index in [9.17, 15) is 9.90 Å². The molecule has 0 saturated heterocycles. The monoisotopic (exact) mass is 412 g/mol. The van der Waals surface area contributed by atoms with Crippen LogP contribution in [0.15, 0.2) is 70.1 Å². The average Bonchev–Trinajstić information content (AvgIpc) is 3.48. The zero-order valence-corrected chi connectivity index (χ0v) is 16.6. The van der Waals surface area contributed by atoms with E-state index >= 15 is 0 Å². The predicted octanol–water partition coefficient (Wildman–Crippen LogP) is 4.60. The molecule has 0 unspecified atom stereocenters. The molecule has 136 valence electrons. The van der Waals surface area contributed by atoms with Crippen molar-refractivity contribution in [2.24, 2.45) is 0 Å². The van der Waals surface area contributed by atoms with Gasteiger partial charge in [-0.2, -0.15) is 11.3 Å². The van der Waals surface area contributed by atoms with Gasteiger partial charge in [0.15, 0.2) is 0 Å². The lowest BCUT2D eigenvalue weighted by Gasteiger charge is -2.26. The van der Waals surface area contributed by atoms with Gasteiger partial charge in [-0.1, -0.05) is 36.4 Å². The van der Waals surface area contributed by atoms with Crippen molar-refractivity contribution in [1.29, 1.82) is 0 Å². The highest BCUT2D eigenvalue weighted by molar-refractivity contribution is 7.13. The number of thiazole rings is 1. The number of nitrogens with zero attached hydrogens (tertiary/aromatic N) is 1. The van der Waals surface area contributed by atoms with Crippen LogP contribution in [0.4, 0.5) is 0 Å². The molecule has 2 N–H and O–H groups in total. The molecule has 4 nitrogen and oxygen atoms in total. The molecule has 3 heterocycles. The van der Waals surface area contributed by atoms with Crippen molar-refractivity contribution in [1.82, 2.24) is 10.3 Å². The van der Waals surface area contributed by atoms with Gasteiger partial charge in [0.05, 0.1) is 6.54 Å². The highest BCUT2D eigenvalue weighted by atomic mass is 32.1. The van der Waals surface area contributed by atoms with Crippen LogP contribution in [0.25, 0.3) is 10.6 Å². The third kappa shape index (κ3) is 3.72. The number of aromatic nitrogens is 1. The Bertz CT molecular complexity index is 975. The van der Waals surface area contributed by atoms with E-state index in [2.05, 4.69) is 10.3 Å². The summed E-state index contributed by atoms with van der Waals surface area (Å²) in [5, 5.41) is 22.4. The lowest BCUT2D eigenvalue weighted by Crippen LogP contribution is -2.41. The summed E-state index contributed by atoms with van der Waals surface area (Å²) in [5.74, 6) is -0.293. The third-order valence-corrected chi connectivity index (χ3v) is 6.79. The lowest BCUT2D eigenvalue weighted by atomic mass is 9.94.